The second kappa shape index (κ2) is 6.37. The van der Waals surface area contributed by atoms with Gasteiger partial charge in [0.05, 0.1) is 5.41 Å². The monoisotopic (exact) mass is 286 g/mol. The summed E-state index contributed by atoms with van der Waals surface area (Å²) >= 11 is 6.00. The highest BCUT2D eigenvalue weighted by atomic mass is 35.5. The normalized spacial score (nSPS) is 11.7. The maximum atomic E-state index is 11.8. The molecular weight excluding hydrogens is 268 g/mol. The fourth-order valence-corrected chi connectivity index (χ4v) is 1.64. The highest BCUT2D eigenvalue weighted by Crippen LogP contribution is 2.28. The zero-order valence-corrected chi connectivity index (χ0v) is 12.6. The number of rotatable bonds is 4. The zero-order chi connectivity index (χ0) is 14.6. The Hall–Kier alpha value is -1.10. The first-order valence-electron chi connectivity index (χ1n) is 5.86. The molecule has 0 unspecified atom stereocenters. The molecule has 0 aliphatic rings. The van der Waals surface area contributed by atoms with Gasteiger partial charge in [0.2, 0.25) is 0 Å². The van der Waals surface area contributed by atoms with Crippen molar-refractivity contribution in [2.75, 3.05) is 14.2 Å². The van der Waals surface area contributed by atoms with Crippen LogP contribution in [0.3, 0.4) is 0 Å². The summed E-state index contributed by atoms with van der Waals surface area (Å²) in [4.78, 5) is 11.8. The Morgan fingerprint density at radius 2 is 1.74 bits per heavy atom. The summed E-state index contributed by atoms with van der Waals surface area (Å²) in [7, 11) is 3.05. The van der Waals surface area contributed by atoms with E-state index in [2.05, 4.69) is 0 Å². The van der Waals surface area contributed by atoms with Gasteiger partial charge in [0.15, 0.2) is 6.29 Å². The van der Waals surface area contributed by atoms with Gasteiger partial charge in [-0.3, -0.25) is 4.79 Å². The first-order chi connectivity index (χ1) is 8.77. The minimum Gasteiger partial charge on any atom is -0.426 e. The second-order valence-electron chi connectivity index (χ2n) is 5.16. The molecule has 0 amide bonds. The van der Waals surface area contributed by atoms with Crippen molar-refractivity contribution < 1.29 is 19.0 Å². The topological polar surface area (TPSA) is 44.8 Å². The van der Waals surface area contributed by atoms with Crippen molar-refractivity contribution in [2.24, 2.45) is 5.41 Å². The lowest BCUT2D eigenvalue weighted by Gasteiger charge is -2.18. The molecule has 0 spiro atoms. The first-order valence-corrected chi connectivity index (χ1v) is 6.24. The Morgan fingerprint density at radius 3 is 2.21 bits per heavy atom. The predicted octanol–water partition coefficient (Wildman–Crippen LogP) is 3.58. The van der Waals surface area contributed by atoms with Crippen molar-refractivity contribution in [2.45, 2.75) is 27.1 Å². The van der Waals surface area contributed by atoms with Crippen molar-refractivity contribution in [3.8, 4) is 5.75 Å². The number of carbonyl (C=O) groups is 1. The summed E-state index contributed by atoms with van der Waals surface area (Å²) in [6, 6.07) is 4.96. The van der Waals surface area contributed by atoms with Crippen LogP contribution in [0.1, 0.15) is 32.6 Å². The quantitative estimate of drug-likeness (QED) is 0.482. The van der Waals surface area contributed by atoms with Gasteiger partial charge in [0, 0.05) is 24.8 Å². The predicted molar refractivity (Wildman–Crippen MR) is 73.3 cm³/mol. The highest BCUT2D eigenvalue weighted by molar-refractivity contribution is 6.30. The third kappa shape index (κ3) is 4.49. The Labute approximate surface area is 118 Å². The van der Waals surface area contributed by atoms with Gasteiger partial charge in [-0.05, 0) is 39.0 Å². The average Bonchev–Trinajstić information content (AvgIpc) is 2.28. The van der Waals surface area contributed by atoms with Crippen molar-refractivity contribution in [1.82, 2.24) is 0 Å². The van der Waals surface area contributed by atoms with Gasteiger partial charge in [0.1, 0.15) is 5.75 Å². The van der Waals surface area contributed by atoms with Crippen LogP contribution in [0.25, 0.3) is 0 Å². The molecule has 106 valence electrons. The molecular formula is C14H19ClO4. The third-order valence-electron chi connectivity index (χ3n) is 2.42. The molecule has 0 bridgehead atoms. The molecule has 0 saturated carbocycles. The van der Waals surface area contributed by atoms with Crippen LogP contribution < -0.4 is 4.74 Å². The number of esters is 1. The van der Waals surface area contributed by atoms with Crippen LogP contribution in [0.15, 0.2) is 18.2 Å². The molecule has 0 atom stereocenters. The maximum absolute atomic E-state index is 11.8. The van der Waals surface area contributed by atoms with E-state index in [1.165, 1.54) is 14.2 Å². The molecule has 4 nitrogen and oxygen atoms in total. The van der Waals surface area contributed by atoms with Crippen LogP contribution in [-0.4, -0.2) is 20.2 Å². The van der Waals surface area contributed by atoms with Gasteiger partial charge in [-0.1, -0.05) is 11.6 Å². The van der Waals surface area contributed by atoms with Gasteiger partial charge in [0.25, 0.3) is 0 Å². The number of benzene rings is 1. The number of ether oxygens (including phenoxy) is 3. The molecule has 0 aromatic heterocycles. The third-order valence-corrected chi connectivity index (χ3v) is 2.64. The van der Waals surface area contributed by atoms with Gasteiger partial charge in [-0.2, -0.15) is 0 Å². The Balaban J connectivity index is 3.00. The van der Waals surface area contributed by atoms with Gasteiger partial charge >= 0.3 is 5.97 Å². The smallest absolute Gasteiger partial charge is 0.316 e. The van der Waals surface area contributed by atoms with E-state index in [1.807, 2.05) is 0 Å². The van der Waals surface area contributed by atoms with Gasteiger partial charge < -0.3 is 14.2 Å². The number of methoxy groups -OCH3 is 2. The molecule has 0 N–H and O–H groups in total. The molecule has 0 aliphatic heterocycles. The molecule has 0 heterocycles. The molecule has 1 rings (SSSR count). The molecule has 19 heavy (non-hydrogen) atoms. The molecule has 0 aliphatic carbocycles. The summed E-state index contributed by atoms with van der Waals surface area (Å²) in [5.41, 5.74) is 0.110. The SMILES string of the molecule is COC(OC)c1cc(Cl)cc(OC(=O)C(C)(C)C)c1. The summed E-state index contributed by atoms with van der Waals surface area (Å²) in [6.45, 7) is 5.36. The Bertz CT molecular complexity index is 447. The fraction of sp³-hybridized carbons (Fsp3) is 0.500. The largest absolute Gasteiger partial charge is 0.426 e. The van der Waals surface area contributed by atoms with Crippen molar-refractivity contribution in [3.05, 3.63) is 28.8 Å². The van der Waals surface area contributed by atoms with E-state index in [0.717, 1.165) is 0 Å². The van der Waals surface area contributed by atoms with E-state index in [9.17, 15) is 4.79 Å². The van der Waals surface area contributed by atoms with E-state index in [0.29, 0.717) is 16.3 Å². The summed E-state index contributed by atoms with van der Waals surface area (Å²) in [5.74, 6) is 0.0497. The van der Waals surface area contributed by atoms with E-state index < -0.39 is 11.7 Å². The Morgan fingerprint density at radius 1 is 1.16 bits per heavy atom. The first kappa shape index (κ1) is 16.0. The molecule has 0 fully saturated rings. The number of carbonyl (C=O) groups excluding carboxylic acids is 1. The Kier molecular flexibility index (Phi) is 5.35. The van der Waals surface area contributed by atoms with Crippen LogP contribution in [0.2, 0.25) is 5.02 Å². The molecule has 5 heteroatoms. The average molecular weight is 287 g/mol. The minimum atomic E-state index is -0.579. The van der Waals surface area contributed by atoms with Crippen LogP contribution in [0.4, 0.5) is 0 Å². The van der Waals surface area contributed by atoms with Crippen molar-refractivity contribution in [1.29, 1.82) is 0 Å². The van der Waals surface area contributed by atoms with E-state index in [-0.39, 0.29) is 5.97 Å². The lowest BCUT2D eigenvalue weighted by Crippen LogP contribution is -2.25. The van der Waals surface area contributed by atoms with Crippen LogP contribution >= 0.6 is 11.6 Å². The zero-order valence-electron chi connectivity index (χ0n) is 11.8. The van der Waals surface area contributed by atoms with Gasteiger partial charge in [-0.25, -0.2) is 0 Å². The van der Waals surface area contributed by atoms with Gasteiger partial charge in [-0.15, -0.1) is 0 Å². The number of halogens is 1. The molecule has 1 aromatic carbocycles. The van der Waals surface area contributed by atoms with E-state index in [4.69, 9.17) is 25.8 Å². The molecule has 1 aromatic rings. The lowest BCUT2D eigenvalue weighted by atomic mass is 9.97. The van der Waals surface area contributed by atoms with E-state index in [1.54, 1.807) is 39.0 Å². The van der Waals surface area contributed by atoms with Crippen molar-refractivity contribution >= 4 is 17.6 Å². The lowest BCUT2D eigenvalue weighted by molar-refractivity contribution is -0.143. The number of hydrogen-bond acceptors (Lipinski definition) is 4. The fourth-order valence-electron chi connectivity index (χ4n) is 1.41. The van der Waals surface area contributed by atoms with Crippen molar-refractivity contribution in [3.63, 3.8) is 0 Å². The highest BCUT2D eigenvalue weighted by Gasteiger charge is 2.24. The number of hydrogen-bond donors (Lipinski definition) is 0. The molecule has 0 radical (unpaired) electrons. The standard InChI is InChI=1S/C14H19ClO4/c1-14(2,3)13(16)19-11-7-9(6-10(15)8-11)12(17-4)18-5/h6-8,12H,1-5H3. The molecule has 0 saturated heterocycles. The summed E-state index contributed by atoms with van der Waals surface area (Å²) in [5, 5.41) is 0.452. The van der Waals surface area contributed by atoms with E-state index >= 15 is 0 Å². The summed E-state index contributed by atoms with van der Waals surface area (Å²) in [6.07, 6.45) is -0.550. The minimum absolute atomic E-state index is 0.327. The van der Waals surface area contributed by atoms with Crippen LogP contribution in [-0.2, 0) is 14.3 Å². The van der Waals surface area contributed by atoms with Crippen LogP contribution in [0, 0.1) is 5.41 Å². The summed E-state index contributed by atoms with van der Waals surface area (Å²) < 4.78 is 15.6. The van der Waals surface area contributed by atoms with Crippen LogP contribution in [0.5, 0.6) is 5.75 Å². The second-order valence-corrected chi connectivity index (χ2v) is 5.60. The maximum Gasteiger partial charge on any atom is 0.316 e.